The Morgan fingerprint density at radius 3 is 2.77 bits per heavy atom. The number of aromatic nitrogens is 2. The molecule has 0 saturated heterocycles. The molecule has 0 bridgehead atoms. The average Bonchev–Trinajstić information content (AvgIpc) is 2.92. The highest BCUT2D eigenvalue weighted by Crippen LogP contribution is 2.21. The maximum Gasteiger partial charge on any atom is 0.190 e. The first-order chi connectivity index (χ1) is 12.5. The average molecular weight is 371 g/mol. The molecule has 134 valence electrons. The number of aliphatic hydroxyl groups excluding tert-OH is 1. The highest BCUT2D eigenvalue weighted by molar-refractivity contribution is 7.11. The molecule has 3 aromatic rings. The van der Waals surface area contributed by atoms with Crippen molar-refractivity contribution < 1.29 is 14.3 Å². The number of carbonyl (C=O) groups excluding carboxylic acids is 1. The molecule has 0 aliphatic rings. The Morgan fingerprint density at radius 1 is 1.35 bits per heavy atom. The normalized spacial score (nSPS) is 11.8. The number of thiazole rings is 1. The number of halogens is 1. The van der Waals surface area contributed by atoms with Gasteiger partial charge in [-0.1, -0.05) is 23.5 Å². The van der Waals surface area contributed by atoms with Gasteiger partial charge >= 0.3 is 0 Å². The fourth-order valence-electron chi connectivity index (χ4n) is 2.64. The van der Waals surface area contributed by atoms with Crippen LogP contribution in [0.2, 0.25) is 0 Å². The zero-order chi connectivity index (χ0) is 18.7. The first-order valence-corrected chi connectivity index (χ1v) is 8.90. The molecule has 0 fully saturated rings. The maximum absolute atomic E-state index is 13.3. The van der Waals surface area contributed by atoms with E-state index >= 15 is 0 Å². The van der Waals surface area contributed by atoms with Crippen LogP contribution in [0.3, 0.4) is 0 Å². The van der Waals surface area contributed by atoms with Gasteiger partial charge in [0.15, 0.2) is 10.6 Å². The van der Waals surface area contributed by atoms with Crippen molar-refractivity contribution in [3.63, 3.8) is 0 Å². The second-order valence-corrected chi connectivity index (χ2v) is 6.73. The molecule has 3 rings (SSSR count). The van der Waals surface area contributed by atoms with Gasteiger partial charge in [-0.05, 0) is 31.2 Å². The first kappa shape index (κ1) is 18.2. The molecular weight excluding hydrogens is 353 g/mol. The number of benzene rings is 1. The highest BCUT2D eigenvalue weighted by Gasteiger charge is 2.13. The topological polar surface area (TPSA) is 67.5 Å². The molecule has 0 atom stereocenters. The molecule has 0 spiro atoms. The van der Waals surface area contributed by atoms with E-state index in [4.69, 9.17) is 0 Å². The fraction of sp³-hybridized carbons (Fsp3) is 0.211. The van der Waals surface area contributed by atoms with E-state index < -0.39 is 0 Å². The van der Waals surface area contributed by atoms with Gasteiger partial charge in [0.25, 0.3) is 0 Å². The van der Waals surface area contributed by atoms with Crippen molar-refractivity contribution in [1.82, 2.24) is 9.55 Å². The third-order valence-corrected chi connectivity index (χ3v) is 5.18. The van der Waals surface area contributed by atoms with E-state index in [0.717, 1.165) is 5.69 Å². The van der Waals surface area contributed by atoms with Crippen LogP contribution in [0.25, 0.3) is 11.3 Å². The van der Waals surface area contributed by atoms with Gasteiger partial charge in [-0.25, -0.2) is 9.38 Å². The molecule has 0 unspecified atom stereocenters. The number of carbonyl (C=O) groups is 1. The van der Waals surface area contributed by atoms with E-state index in [1.807, 2.05) is 11.5 Å². The summed E-state index contributed by atoms with van der Waals surface area (Å²) >= 11 is 1.29. The van der Waals surface area contributed by atoms with Gasteiger partial charge in [0.05, 0.1) is 29.1 Å². The summed E-state index contributed by atoms with van der Waals surface area (Å²) < 4.78 is 15.2. The number of hydrogen-bond donors (Lipinski definition) is 1. The van der Waals surface area contributed by atoms with Crippen LogP contribution in [0.15, 0.2) is 47.6 Å². The van der Waals surface area contributed by atoms with Crippen molar-refractivity contribution in [3.8, 4) is 11.3 Å². The van der Waals surface area contributed by atoms with E-state index in [9.17, 15) is 14.3 Å². The molecule has 0 amide bonds. The van der Waals surface area contributed by atoms with Crippen LogP contribution in [0.4, 0.5) is 10.1 Å². The van der Waals surface area contributed by atoms with Crippen molar-refractivity contribution in [2.75, 3.05) is 6.61 Å². The lowest BCUT2D eigenvalue weighted by Crippen LogP contribution is -2.18. The van der Waals surface area contributed by atoms with Crippen molar-refractivity contribution >= 4 is 22.8 Å². The molecule has 0 aliphatic heterocycles. The van der Waals surface area contributed by atoms with Crippen LogP contribution in [0.5, 0.6) is 0 Å². The third kappa shape index (κ3) is 3.79. The van der Waals surface area contributed by atoms with Gasteiger partial charge in [0.1, 0.15) is 5.82 Å². The molecule has 7 heteroatoms. The summed E-state index contributed by atoms with van der Waals surface area (Å²) in [6, 6.07) is 9.81. The smallest absolute Gasteiger partial charge is 0.190 e. The minimum absolute atomic E-state index is 0.0276. The van der Waals surface area contributed by atoms with Crippen LogP contribution in [-0.2, 0) is 6.54 Å². The third-order valence-electron chi connectivity index (χ3n) is 3.89. The number of hydrogen-bond acceptors (Lipinski definition) is 5. The van der Waals surface area contributed by atoms with Gasteiger partial charge in [-0.15, -0.1) is 0 Å². The van der Waals surface area contributed by atoms with E-state index in [0.29, 0.717) is 33.2 Å². The Hall–Kier alpha value is -2.64. The zero-order valence-electron chi connectivity index (χ0n) is 14.4. The quantitative estimate of drug-likeness (QED) is 0.698. The number of nitrogens with zero attached hydrogens (tertiary/aromatic N) is 3. The standard InChI is InChI=1S/C19H18FN3O2S/c1-12-18(13(2)25)26-19(23(12)8-9-24)22-16-6-7-17(21-11-16)14-4-3-5-15(20)10-14/h3-7,10-11,24H,8-9H2,1-2H3/b22-19-. The summed E-state index contributed by atoms with van der Waals surface area (Å²) in [6.45, 7) is 3.68. The van der Waals surface area contributed by atoms with Crippen molar-refractivity contribution in [3.05, 3.63) is 63.8 Å². The molecule has 0 aliphatic carbocycles. The van der Waals surface area contributed by atoms with Crippen LogP contribution < -0.4 is 4.80 Å². The predicted octanol–water partition coefficient (Wildman–Crippen LogP) is 3.49. The van der Waals surface area contributed by atoms with Crippen molar-refractivity contribution in [2.24, 2.45) is 4.99 Å². The number of ketones is 1. The molecular formula is C19H18FN3O2S. The van der Waals surface area contributed by atoms with E-state index in [-0.39, 0.29) is 18.2 Å². The predicted molar refractivity (Wildman–Crippen MR) is 99.0 cm³/mol. The molecule has 1 N–H and O–H groups in total. The summed E-state index contributed by atoms with van der Waals surface area (Å²) in [6.07, 6.45) is 1.60. The lowest BCUT2D eigenvalue weighted by Gasteiger charge is -2.04. The first-order valence-electron chi connectivity index (χ1n) is 8.08. The minimum Gasteiger partial charge on any atom is -0.395 e. The number of Topliss-reactive ketones (excluding diaryl/α,β-unsaturated/α-hetero) is 1. The van der Waals surface area contributed by atoms with Crippen molar-refractivity contribution in [2.45, 2.75) is 20.4 Å². The Labute approximate surface area is 154 Å². The van der Waals surface area contributed by atoms with Crippen molar-refractivity contribution in [1.29, 1.82) is 0 Å². The number of rotatable bonds is 5. The monoisotopic (exact) mass is 371 g/mol. The molecule has 2 aromatic heterocycles. The molecule has 5 nitrogen and oxygen atoms in total. The lowest BCUT2D eigenvalue weighted by atomic mass is 10.1. The Kier molecular flexibility index (Phi) is 5.39. The van der Waals surface area contributed by atoms with Crippen LogP contribution in [0, 0.1) is 12.7 Å². The lowest BCUT2D eigenvalue weighted by molar-refractivity contribution is 0.102. The molecule has 0 radical (unpaired) electrons. The summed E-state index contributed by atoms with van der Waals surface area (Å²) in [5.41, 5.74) is 2.75. The second-order valence-electron chi connectivity index (χ2n) is 5.75. The van der Waals surface area contributed by atoms with Crippen LogP contribution >= 0.6 is 11.3 Å². The molecule has 26 heavy (non-hydrogen) atoms. The summed E-state index contributed by atoms with van der Waals surface area (Å²) in [5, 5.41) is 9.28. The summed E-state index contributed by atoms with van der Waals surface area (Å²) in [5.74, 6) is -0.339. The largest absolute Gasteiger partial charge is 0.395 e. The Bertz CT molecular complexity index is 1010. The van der Waals surface area contributed by atoms with E-state index in [2.05, 4.69) is 9.98 Å². The van der Waals surface area contributed by atoms with Gasteiger partial charge in [-0.2, -0.15) is 0 Å². The number of aliphatic hydroxyl groups is 1. The van der Waals surface area contributed by atoms with E-state index in [1.54, 1.807) is 30.5 Å². The van der Waals surface area contributed by atoms with E-state index in [1.165, 1.54) is 30.4 Å². The summed E-state index contributed by atoms with van der Waals surface area (Å²) in [4.78, 5) is 21.9. The van der Waals surface area contributed by atoms with Gasteiger partial charge in [0, 0.05) is 24.7 Å². The molecule has 0 saturated carbocycles. The van der Waals surface area contributed by atoms with Gasteiger partial charge in [0.2, 0.25) is 0 Å². The van der Waals surface area contributed by atoms with Crippen LogP contribution in [-0.4, -0.2) is 27.0 Å². The number of pyridine rings is 1. The Morgan fingerprint density at radius 2 is 2.15 bits per heavy atom. The SMILES string of the molecule is CC(=O)c1s/c(=N\c2ccc(-c3cccc(F)c3)nc2)n(CCO)c1C. The minimum atomic E-state index is -0.311. The van der Waals surface area contributed by atoms with Gasteiger partial charge < -0.3 is 9.67 Å². The highest BCUT2D eigenvalue weighted by atomic mass is 32.1. The maximum atomic E-state index is 13.3. The second kappa shape index (κ2) is 7.72. The Balaban J connectivity index is 2.00. The zero-order valence-corrected chi connectivity index (χ0v) is 15.3. The molecule has 2 heterocycles. The fourth-order valence-corrected chi connectivity index (χ4v) is 3.71. The van der Waals surface area contributed by atoms with Gasteiger partial charge in [-0.3, -0.25) is 9.78 Å². The van der Waals surface area contributed by atoms with Crippen LogP contribution in [0.1, 0.15) is 22.3 Å². The molecule has 1 aromatic carbocycles. The summed E-state index contributed by atoms with van der Waals surface area (Å²) in [7, 11) is 0.